The first kappa shape index (κ1) is 88.2. The number of likely N-dealkylation sites (N-methyl/N-ethyl adjacent to an activating group) is 5. The Morgan fingerprint density at radius 3 is 1.36 bits per heavy atom. The second kappa shape index (κ2) is 39.6. The lowest BCUT2D eigenvalue weighted by atomic mass is 9.91. The van der Waals surface area contributed by atoms with Crippen LogP contribution in [-0.2, 0) is 57.4 Å². The van der Waals surface area contributed by atoms with Gasteiger partial charge in [-0.05, 0) is 145 Å². The second-order valence-corrected chi connectivity index (χ2v) is 30.7. The largest absolute Gasteiger partial charge is 0.480 e. The van der Waals surface area contributed by atoms with E-state index in [1.807, 2.05) is 125 Å². The first-order valence-electron chi connectivity index (χ1n) is 35.9. The van der Waals surface area contributed by atoms with Gasteiger partial charge in [0.25, 0.3) is 0 Å². The Morgan fingerprint density at radius 1 is 0.500 bits per heavy atom. The van der Waals surface area contributed by atoms with Gasteiger partial charge >= 0.3 is 12.1 Å². The van der Waals surface area contributed by atoms with E-state index in [1.165, 1.54) is 70.7 Å². The van der Waals surface area contributed by atoms with Crippen molar-refractivity contribution in [2.45, 2.75) is 254 Å². The van der Waals surface area contributed by atoms with Crippen molar-refractivity contribution in [2.24, 2.45) is 35.5 Å². The van der Waals surface area contributed by atoms with E-state index in [9.17, 15) is 68.1 Å². The van der Waals surface area contributed by atoms with Crippen LogP contribution in [0, 0.1) is 35.5 Å². The van der Waals surface area contributed by atoms with Crippen molar-refractivity contribution in [3.63, 3.8) is 0 Å². The normalized spacial score (nSPS) is 16.5. The molecule has 10 amide bonds. The SMILES string of the molecule is C/C=C/C[C@@H](C)[C@@H](O)[C@@H](C(=O)N[C@H](C(=O)O)[C@@H](C)O)N(C)C(=O)[C@H](C(C)C)N(C)C(=O)[C@H](CC(C)C)NC(=O)[C@H](CC(C)C)N(C)C(=O)[C@@H](C)NC(=O)[C@H](C)NC(=O)[C@H](CC(C)C)N(C)C(=O)[C@H](CC(C)C)NC(=O)[C@H](C(C)OC(C)(C)C)N(C)C(=O)OCC1c2ccccc2-c2ccccc21. The highest BCUT2D eigenvalue weighted by atomic mass is 16.6. The molecular formula is C76H122N10O16. The Bertz CT molecular complexity index is 3170. The number of rotatable bonds is 38. The van der Waals surface area contributed by atoms with Gasteiger partial charge in [0.15, 0.2) is 6.04 Å². The summed E-state index contributed by atoms with van der Waals surface area (Å²) in [6.07, 6.45) is -0.589. The summed E-state index contributed by atoms with van der Waals surface area (Å²) in [5.41, 5.74) is 3.34. The number of hydrogen-bond acceptors (Lipinski definition) is 15. The van der Waals surface area contributed by atoms with Crippen LogP contribution in [0.4, 0.5) is 4.79 Å². The number of allylic oxidation sites excluding steroid dienone is 2. The zero-order valence-electron chi connectivity index (χ0n) is 64.9. The number of carboxylic acids is 1. The molecule has 572 valence electrons. The van der Waals surface area contributed by atoms with Crippen molar-refractivity contribution in [3.05, 3.63) is 71.8 Å². The van der Waals surface area contributed by atoms with E-state index in [1.54, 1.807) is 46.8 Å². The van der Waals surface area contributed by atoms with Gasteiger partial charge in [0.2, 0.25) is 53.2 Å². The first-order chi connectivity index (χ1) is 47.3. The highest BCUT2D eigenvalue weighted by Gasteiger charge is 2.46. The average molecular weight is 1430 g/mol. The molecule has 26 heteroatoms. The lowest BCUT2D eigenvalue weighted by Gasteiger charge is -2.40. The van der Waals surface area contributed by atoms with Crippen molar-refractivity contribution in [1.29, 1.82) is 0 Å². The van der Waals surface area contributed by atoms with Crippen LogP contribution in [0.3, 0.4) is 0 Å². The summed E-state index contributed by atoms with van der Waals surface area (Å²) in [7, 11) is 6.90. The van der Waals surface area contributed by atoms with Crippen LogP contribution >= 0.6 is 0 Å². The van der Waals surface area contributed by atoms with Gasteiger partial charge in [-0.1, -0.05) is 137 Å². The minimum absolute atomic E-state index is 0.0124. The van der Waals surface area contributed by atoms with Crippen LogP contribution in [0.2, 0.25) is 0 Å². The zero-order valence-corrected chi connectivity index (χ0v) is 64.9. The van der Waals surface area contributed by atoms with Gasteiger partial charge in [0.05, 0.1) is 23.9 Å². The number of hydrogen-bond donors (Lipinski definition) is 8. The maximum Gasteiger partial charge on any atom is 0.410 e. The number of carbonyl (C=O) groups excluding carboxylic acids is 10. The molecule has 26 nitrogen and oxygen atoms in total. The van der Waals surface area contributed by atoms with Crippen molar-refractivity contribution in [2.75, 3.05) is 41.8 Å². The summed E-state index contributed by atoms with van der Waals surface area (Å²) in [6.45, 7) is 32.6. The molecule has 0 aromatic heterocycles. The molecule has 0 saturated carbocycles. The fraction of sp³-hybridized carbons (Fsp3) is 0.671. The highest BCUT2D eigenvalue weighted by Crippen LogP contribution is 2.44. The maximum atomic E-state index is 14.9. The van der Waals surface area contributed by atoms with Gasteiger partial charge in [-0.25, -0.2) is 9.59 Å². The first-order valence-corrected chi connectivity index (χ1v) is 35.9. The molecule has 0 radical (unpaired) electrons. The Balaban J connectivity index is 1.87. The number of carbonyl (C=O) groups is 11. The summed E-state index contributed by atoms with van der Waals surface area (Å²) in [5.74, 6) is -10.5. The molecule has 0 heterocycles. The number of aliphatic carboxylic acids is 1. The number of nitrogens with zero attached hydrogens (tertiary/aromatic N) is 5. The smallest absolute Gasteiger partial charge is 0.410 e. The van der Waals surface area contributed by atoms with Crippen LogP contribution in [-0.4, -0.2) is 231 Å². The number of carboxylic acid groups (broad SMARTS) is 1. The minimum atomic E-state index is -1.79. The van der Waals surface area contributed by atoms with E-state index >= 15 is 0 Å². The molecule has 8 N–H and O–H groups in total. The molecular weight excluding hydrogens is 1310 g/mol. The molecule has 1 unspecified atom stereocenters. The molecule has 0 spiro atoms. The van der Waals surface area contributed by atoms with E-state index in [4.69, 9.17) is 9.47 Å². The lowest BCUT2D eigenvalue weighted by Crippen LogP contribution is -2.63. The topological polar surface area (TPSA) is 343 Å². The number of fused-ring (bicyclic) bond motifs is 3. The Kier molecular flexibility index (Phi) is 34.3. The minimum Gasteiger partial charge on any atom is -0.480 e. The second-order valence-electron chi connectivity index (χ2n) is 30.7. The van der Waals surface area contributed by atoms with Crippen molar-refractivity contribution in [3.8, 4) is 11.1 Å². The van der Waals surface area contributed by atoms with Crippen LogP contribution < -0.4 is 26.6 Å². The van der Waals surface area contributed by atoms with E-state index in [-0.39, 0.29) is 68.3 Å². The van der Waals surface area contributed by atoms with Crippen LogP contribution in [0.15, 0.2) is 60.7 Å². The zero-order chi connectivity index (χ0) is 77.9. The van der Waals surface area contributed by atoms with Crippen LogP contribution in [0.5, 0.6) is 0 Å². The number of ether oxygens (including phenoxy) is 2. The Morgan fingerprint density at radius 2 is 0.922 bits per heavy atom. The van der Waals surface area contributed by atoms with Crippen molar-refractivity contribution in [1.82, 2.24) is 51.1 Å². The summed E-state index contributed by atoms with van der Waals surface area (Å²) < 4.78 is 12.3. The van der Waals surface area contributed by atoms with Crippen LogP contribution in [0.25, 0.3) is 11.1 Å². The molecule has 1 aliphatic rings. The van der Waals surface area contributed by atoms with Gasteiger partial charge in [0.1, 0.15) is 61.0 Å². The van der Waals surface area contributed by atoms with Gasteiger partial charge in [-0.2, -0.15) is 0 Å². The fourth-order valence-corrected chi connectivity index (χ4v) is 13.1. The average Bonchev–Trinajstić information content (AvgIpc) is 1.60. The molecule has 1 aliphatic carbocycles. The third-order valence-electron chi connectivity index (χ3n) is 18.4. The number of aliphatic hydroxyl groups excluding tert-OH is 2. The van der Waals surface area contributed by atoms with Crippen LogP contribution in [0.1, 0.15) is 181 Å². The highest BCUT2D eigenvalue weighted by molar-refractivity contribution is 5.99. The van der Waals surface area contributed by atoms with E-state index in [2.05, 4.69) is 26.6 Å². The van der Waals surface area contributed by atoms with E-state index in [0.717, 1.165) is 32.1 Å². The molecule has 3 rings (SSSR count). The van der Waals surface area contributed by atoms with Gasteiger partial charge in [0, 0.05) is 41.2 Å². The molecule has 2 aromatic rings. The molecule has 0 aliphatic heterocycles. The molecule has 0 bridgehead atoms. The Labute approximate surface area is 605 Å². The summed E-state index contributed by atoms with van der Waals surface area (Å²) in [4.78, 5) is 163. The molecule has 102 heavy (non-hydrogen) atoms. The predicted octanol–water partition coefficient (Wildman–Crippen LogP) is 6.48. The third kappa shape index (κ3) is 24.6. The quantitative estimate of drug-likeness (QED) is 0.0333. The van der Waals surface area contributed by atoms with Gasteiger partial charge < -0.3 is 71.0 Å². The van der Waals surface area contributed by atoms with Crippen molar-refractivity contribution >= 4 is 65.2 Å². The number of aliphatic hydroxyl groups is 2. The fourth-order valence-electron chi connectivity index (χ4n) is 13.1. The van der Waals surface area contributed by atoms with E-state index < -0.39 is 161 Å². The molecule has 14 atom stereocenters. The Hall–Kier alpha value is -7.97. The standard InChI is InChI=1S/C76H122N10O16/c1-25-26-31-46(12)64(88)63(69(93)81-60(49(15)87)74(98)99)85(23)73(97)61(45(10)11)84(22)72(96)57(37-42(4)5)79-67(91)59(39-44(8)9)82(20)70(94)48(14)78-65(89)47(13)77-66(90)58(38-43(6)7)83(21)71(95)56(36-41(2)3)80-68(92)62(50(16)102-76(17,18)19)86(24)75(100)101-40-55-53-34-29-27-32-51(53)52-33-28-30-35-54(52)55/h25-30,32-35,41-50,55-64,87-88H,31,36-40H2,1-24H3,(H,77,90)(H,78,89)(H,79,91)(H,80,92)(H,81,93)(H,98,99)/b26-25+/t46-,47+,48-,49-,50?,56+,57+,58+,59+,60+,61+,62+,63+,64-/m1/s1. The van der Waals surface area contributed by atoms with E-state index in [0.29, 0.717) is 0 Å². The van der Waals surface area contributed by atoms with Crippen molar-refractivity contribution < 1.29 is 77.5 Å². The van der Waals surface area contributed by atoms with Gasteiger partial charge in [-0.15, -0.1) is 0 Å². The predicted molar refractivity (Wildman–Crippen MR) is 391 cm³/mol. The summed E-state index contributed by atoms with van der Waals surface area (Å²) in [6, 6.07) is 2.34. The summed E-state index contributed by atoms with van der Waals surface area (Å²) >= 11 is 0. The lowest BCUT2D eigenvalue weighted by molar-refractivity contribution is -0.155. The third-order valence-corrected chi connectivity index (χ3v) is 18.4. The molecule has 0 fully saturated rings. The van der Waals surface area contributed by atoms with Gasteiger partial charge in [-0.3, -0.25) is 48.1 Å². The number of benzene rings is 2. The summed E-state index contributed by atoms with van der Waals surface area (Å²) in [5, 5.41) is 45.1. The monoisotopic (exact) mass is 1430 g/mol. The molecule has 0 saturated heterocycles. The number of amides is 10. The number of nitrogens with one attached hydrogen (secondary N) is 5. The maximum absolute atomic E-state index is 14.9. The molecule has 2 aromatic carbocycles.